The number of H-pyrrole nitrogens is 1. The molecule has 0 saturated heterocycles. The van der Waals surface area contributed by atoms with Gasteiger partial charge in [-0.15, -0.1) is 0 Å². The van der Waals surface area contributed by atoms with Crippen molar-refractivity contribution in [3.05, 3.63) is 26.4 Å². The van der Waals surface area contributed by atoms with Crippen LogP contribution in [0.15, 0.2) is 9.59 Å². The number of nitrogens with zero attached hydrogens (tertiary/aromatic N) is 1. The molecule has 5 nitrogen and oxygen atoms in total. The Hall–Kier alpha value is -1.52. The Labute approximate surface area is 87.4 Å². The van der Waals surface area contributed by atoms with Crippen molar-refractivity contribution in [2.75, 3.05) is 0 Å². The van der Waals surface area contributed by atoms with E-state index in [9.17, 15) is 14.7 Å². The smallest absolute Gasteiger partial charge is 0.331 e. The highest BCUT2D eigenvalue weighted by Crippen LogP contribution is 2.23. The van der Waals surface area contributed by atoms with Crippen molar-refractivity contribution >= 4 is 0 Å². The van der Waals surface area contributed by atoms with Crippen LogP contribution in [0.5, 0.6) is 5.88 Å². The number of aromatic nitrogens is 2. The highest BCUT2D eigenvalue weighted by Gasteiger charge is 2.24. The maximum absolute atomic E-state index is 11.6. The number of hydrogen-bond acceptors (Lipinski definition) is 3. The van der Waals surface area contributed by atoms with Gasteiger partial charge in [0.15, 0.2) is 0 Å². The fourth-order valence-corrected chi connectivity index (χ4v) is 1.33. The molecule has 0 amide bonds. The predicted molar refractivity (Wildman–Crippen MR) is 57.3 cm³/mol. The minimum absolute atomic E-state index is 0.163. The standard InChI is InChI=1S/C10H16N2O3/c1-5-10(3,4)12-8(14)6(2)7(13)11-9(12)15/h14H,5H2,1-4H3,(H,11,13,15). The van der Waals surface area contributed by atoms with Gasteiger partial charge in [-0.2, -0.15) is 0 Å². The normalized spacial score (nSPS) is 11.7. The van der Waals surface area contributed by atoms with Crippen LogP contribution in [0, 0.1) is 6.92 Å². The van der Waals surface area contributed by atoms with Crippen LogP contribution >= 0.6 is 0 Å². The minimum Gasteiger partial charge on any atom is -0.494 e. The molecule has 0 aliphatic rings. The second-order valence-corrected chi connectivity index (χ2v) is 4.21. The molecule has 15 heavy (non-hydrogen) atoms. The van der Waals surface area contributed by atoms with E-state index in [-0.39, 0.29) is 11.4 Å². The Morgan fingerprint density at radius 1 is 1.40 bits per heavy atom. The Balaban J connectivity index is 3.64. The molecular formula is C10H16N2O3. The highest BCUT2D eigenvalue weighted by atomic mass is 16.3. The van der Waals surface area contributed by atoms with Crippen molar-refractivity contribution in [1.29, 1.82) is 0 Å². The largest absolute Gasteiger partial charge is 0.494 e. The van der Waals surface area contributed by atoms with Crippen LogP contribution < -0.4 is 11.2 Å². The van der Waals surface area contributed by atoms with E-state index in [0.29, 0.717) is 6.42 Å². The summed E-state index contributed by atoms with van der Waals surface area (Å²) in [7, 11) is 0. The molecule has 0 spiro atoms. The SMILES string of the molecule is CCC(C)(C)n1c(O)c(C)c(=O)[nH]c1=O. The molecule has 0 aliphatic heterocycles. The van der Waals surface area contributed by atoms with E-state index in [0.717, 1.165) is 0 Å². The zero-order valence-corrected chi connectivity index (χ0v) is 9.42. The lowest BCUT2D eigenvalue weighted by Crippen LogP contribution is -2.40. The van der Waals surface area contributed by atoms with Crippen LogP contribution in [-0.4, -0.2) is 14.7 Å². The highest BCUT2D eigenvalue weighted by molar-refractivity contribution is 5.21. The van der Waals surface area contributed by atoms with Crippen LogP contribution in [0.4, 0.5) is 0 Å². The van der Waals surface area contributed by atoms with Crippen LogP contribution in [0.1, 0.15) is 32.8 Å². The summed E-state index contributed by atoms with van der Waals surface area (Å²) in [5.41, 5.74) is -1.47. The zero-order chi connectivity index (χ0) is 11.8. The third-order valence-electron chi connectivity index (χ3n) is 2.78. The number of aromatic hydroxyl groups is 1. The molecule has 2 N–H and O–H groups in total. The van der Waals surface area contributed by atoms with Gasteiger partial charge in [-0.05, 0) is 27.2 Å². The van der Waals surface area contributed by atoms with E-state index >= 15 is 0 Å². The summed E-state index contributed by atoms with van der Waals surface area (Å²) in [6.45, 7) is 7.04. The molecule has 0 aliphatic carbocycles. The van der Waals surface area contributed by atoms with Gasteiger partial charge in [0.05, 0.1) is 5.56 Å². The molecule has 0 aromatic carbocycles. The van der Waals surface area contributed by atoms with Gasteiger partial charge in [-0.1, -0.05) is 6.92 Å². The van der Waals surface area contributed by atoms with E-state index in [2.05, 4.69) is 4.98 Å². The maximum atomic E-state index is 11.6. The molecule has 0 unspecified atom stereocenters. The first kappa shape index (κ1) is 11.6. The molecule has 0 atom stereocenters. The van der Waals surface area contributed by atoms with Crippen molar-refractivity contribution in [3.8, 4) is 5.88 Å². The molecule has 1 heterocycles. The summed E-state index contributed by atoms with van der Waals surface area (Å²) in [6.07, 6.45) is 0.673. The Kier molecular flexibility index (Phi) is 2.75. The van der Waals surface area contributed by atoms with Crippen LogP contribution in [0.2, 0.25) is 0 Å². The van der Waals surface area contributed by atoms with Gasteiger partial charge < -0.3 is 5.11 Å². The molecule has 84 valence electrons. The average Bonchev–Trinajstić information content (AvgIpc) is 2.14. The van der Waals surface area contributed by atoms with Crippen molar-refractivity contribution in [2.45, 2.75) is 39.7 Å². The van der Waals surface area contributed by atoms with E-state index in [1.165, 1.54) is 11.5 Å². The average molecular weight is 212 g/mol. The van der Waals surface area contributed by atoms with Gasteiger partial charge in [-0.3, -0.25) is 14.3 Å². The van der Waals surface area contributed by atoms with Gasteiger partial charge in [-0.25, -0.2) is 4.79 Å². The van der Waals surface area contributed by atoms with Gasteiger partial charge in [0.1, 0.15) is 0 Å². The van der Waals surface area contributed by atoms with E-state index in [1.54, 1.807) is 0 Å². The van der Waals surface area contributed by atoms with E-state index in [4.69, 9.17) is 0 Å². The molecule has 0 saturated carbocycles. The molecule has 5 heteroatoms. The number of nitrogens with one attached hydrogen (secondary N) is 1. The minimum atomic E-state index is -0.574. The van der Waals surface area contributed by atoms with Crippen molar-refractivity contribution in [2.24, 2.45) is 0 Å². The van der Waals surface area contributed by atoms with E-state index < -0.39 is 16.8 Å². The molecule has 0 radical (unpaired) electrons. The monoisotopic (exact) mass is 212 g/mol. The number of hydrogen-bond donors (Lipinski definition) is 2. The summed E-state index contributed by atoms with van der Waals surface area (Å²) in [4.78, 5) is 24.9. The molecule has 1 aromatic heterocycles. The molecule has 1 aromatic rings. The first-order valence-corrected chi connectivity index (χ1v) is 4.86. The Morgan fingerprint density at radius 3 is 2.40 bits per heavy atom. The lowest BCUT2D eigenvalue weighted by atomic mass is 10.0. The van der Waals surface area contributed by atoms with Gasteiger partial charge in [0.25, 0.3) is 5.56 Å². The third-order valence-corrected chi connectivity index (χ3v) is 2.78. The lowest BCUT2D eigenvalue weighted by Gasteiger charge is -2.26. The summed E-state index contributed by atoms with van der Waals surface area (Å²) in [6, 6.07) is 0. The van der Waals surface area contributed by atoms with Gasteiger partial charge >= 0.3 is 5.69 Å². The summed E-state index contributed by atoms with van der Waals surface area (Å²) in [5, 5.41) is 9.77. The van der Waals surface area contributed by atoms with Crippen LogP contribution in [-0.2, 0) is 5.54 Å². The molecule has 0 bridgehead atoms. The zero-order valence-electron chi connectivity index (χ0n) is 9.42. The van der Waals surface area contributed by atoms with Crippen molar-refractivity contribution in [1.82, 2.24) is 9.55 Å². The summed E-state index contributed by atoms with van der Waals surface area (Å²) >= 11 is 0. The number of aromatic amines is 1. The molecule has 1 rings (SSSR count). The summed E-state index contributed by atoms with van der Waals surface area (Å²) in [5.74, 6) is -0.254. The first-order valence-electron chi connectivity index (χ1n) is 4.86. The fraction of sp³-hybridized carbons (Fsp3) is 0.600. The number of rotatable bonds is 2. The van der Waals surface area contributed by atoms with Crippen LogP contribution in [0.25, 0.3) is 0 Å². The summed E-state index contributed by atoms with van der Waals surface area (Å²) < 4.78 is 1.21. The van der Waals surface area contributed by atoms with Gasteiger partial charge in [0.2, 0.25) is 5.88 Å². The van der Waals surface area contributed by atoms with E-state index in [1.807, 2.05) is 20.8 Å². The quantitative estimate of drug-likeness (QED) is 0.757. The lowest BCUT2D eigenvalue weighted by molar-refractivity contribution is 0.273. The second-order valence-electron chi connectivity index (χ2n) is 4.21. The van der Waals surface area contributed by atoms with Gasteiger partial charge in [0, 0.05) is 5.54 Å². The third kappa shape index (κ3) is 1.82. The fourth-order valence-electron chi connectivity index (χ4n) is 1.33. The van der Waals surface area contributed by atoms with Crippen molar-refractivity contribution < 1.29 is 5.11 Å². The first-order chi connectivity index (χ1) is 6.81. The topological polar surface area (TPSA) is 75.1 Å². The predicted octanol–water partition coefficient (Wildman–Crippen LogP) is 0.696. The second kappa shape index (κ2) is 3.56. The maximum Gasteiger partial charge on any atom is 0.331 e. The molecule has 0 fully saturated rings. The van der Waals surface area contributed by atoms with Crippen LogP contribution in [0.3, 0.4) is 0 Å². The van der Waals surface area contributed by atoms with Crippen molar-refractivity contribution in [3.63, 3.8) is 0 Å². The molecular weight excluding hydrogens is 196 g/mol. The Morgan fingerprint density at radius 2 is 1.93 bits per heavy atom. The Bertz CT molecular complexity index is 482.